The molecule has 0 saturated heterocycles. The Morgan fingerprint density at radius 3 is 2.38 bits per heavy atom. The van der Waals surface area contributed by atoms with Crippen LogP contribution in [-0.2, 0) is 4.79 Å². The smallest absolute Gasteiger partial charge is 0.305 e. The molecule has 178 valence electrons. The molecule has 34 heavy (non-hydrogen) atoms. The summed E-state index contributed by atoms with van der Waals surface area (Å²) in [7, 11) is 0. The molecule has 1 amide bonds. The van der Waals surface area contributed by atoms with Gasteiger partial charge in [0.15, 0.2) is 0 Å². The summed E-state index contributed by atoms with van der Waals surface area (Å²) in [5.74, 6) is -0.225. The Morgan fingerprint density at radius 1 is 1.06 bits per heavy atom. The number of amides is 1. The number of aryl methyl sites for hydroxylation is 1. The van der Waals surface area contributed by atoms with Crippen LogP contribution in [0, 0.1) is 12.8 Å². The summed E-state index contributed by atoms with van der Waals surface area (Å²) in [6, 6.07) is 13.2. The maximum Gasteiger partial charge on any atom is 0.305 e. The first-order valence-corrected chi connectivity index (χ1v) is 11.6. The standard InChI is InChI=1S/C26H29ClN4O3/c1-16(2)12-22(20-13-17(3)25(30-15-20)18-4-7-21(27)8-5-18)31-23-9-6-19(14-29-23)26(34)28-11-10-24(32)33/h4-9,13-16,22H,10-12H2,1-3H3,(H,28,34)(H,29,31)(H,32,33). The van der Waals surface area contributed by atoms with E-state index in [0.29, 0.717) is 22.3 Å². The van der Waals surface area contributed by atoms with E-state index in [2.05, 4.69) is 35.5 Å². The van der Waals surface area contributed by atoms with Crippen LogP contribution in [0.1, 0.15) is 54.2 Å². The van der Waals surface area contributed by atoms with E-state index in [1.165, 1.54) is 6.20 Å². The first kappa shape index (κ1) is 25.2. The number of aliphatic carboxylic acids is 1. The van der Waals surface area contributed by atoms with Crippen molar-refractivity contribution in [1.29, 1.82) is 0 Å². The summed E-state index contributed by atoms with van der Waals surface area (Å²) >= 11 is 6.01. The molecule has 3 N–H and O–H groups in total. The van der Waals surface area contributed by atoms with Crippen molar-refractivity contribution in [2.75, 3.05) is 11.9 Å². The SMILES string of the molecule is Cc1cc(C(CC(C)C)Nc2ccc(C(=O)NCCC(=O)O)cn2)cnc1-c1ccc(Cl)cc1. The van der Waals surface area contributed by atoms with Crippen LogP contribution in [0.15, 0.2) is 54.9 Å². The zero-order valence-electron chi connectivity index (χ0n) is 19.5. The number of nitrogens with one attached hydrogen (secondary N) is 2. The lowest BCUT2D eigenvalue weighted by Crippen LogP contribution is -2.26. The molecule has 0 aliphatic heterocycles. The zero-order valence-corrected chi connectivity index (χ0v) is 20.3. The minimum absolute atomic E-state index is 0.00629. The summed E-state index contributed by atoms with van der Waals surface area (Å²) in [4.78, 5) is 31.9. The fourth-order valence-corrected chi connectivity index (χ4v) is 3.75. The van der Waals surface area contributed by atoms with Gasteiger partial charge in [-0.25, -0.2) is 4.98 Å². The highest BCUT2D eigenvalue weighted by Crippen LogP contribution is 2.29. The summed E-state index contributed by atoms with van der Waals surface area (Å²) in [5, 5.41) is 15.4. The molecular weight excluding hydrogens is 452 g/mol. The van der Waals surface area contributed by atoms with Gasteiger partial charge in [0.25, 0.3) is 5.91 Å². The van der Waals surface area contributed by atoms with Gasteiger partial charge < -0.3 is 15.7 Å². The van der Waals surface area contributed by atoms with Crippen LogP contribution in [0.5, 0.6) is 0 Å². The Balaban J connectivity index is 1.75. The number of carboxylic acid groups (broad SMARTS) is 1. The lowest BCUT2D eigenvalue weighted by molar-refractivity contribution is -0.136. The number of rotatable bonds is 10. The van der Waals surface area contributed by atoms with E-state index < -0.39 is 5.97 Å². The number of carbonyl (C=O) groups is 2. The van der Waals surface area contributed by atoms with Gasteiger partial charge in [-0.3, -0.25) is 14.6 Å². The minimum Gasteiger partial charge on any atom is -0.481 e. The van der Waals surface area contributed by atoms with Crippen molar-refractivity contribution < 1.29 is 14.7 Å². The molecule has 0 aliphatic rings. The van der Waals surface area contributed by atoms with Gasteiger partial charge in [-0.15, -0.1) is 0 Å². The Hall–Kier alpha value is -3.45. The summed E-state index contributed by atoms with van der Waals surface area (Å²) in [5.41, 5.74) is 4.43. The van der Waals surface area contributed by atoms with E-state index >= 15 is 0 Å². The van der Waals surface area contributed by atoms with Crippen LogP contribution >= 0.6 is 11.6 Å². The predicted octanol–water partition coefficient (Wildman–Crippen LogP) is 5.51. The van der Waals surface area contributed by atoms with Crippen LogP contribution in [0.2, 0.25) is 5.02 Å². The molecule has 0 radical (unpaired) electrons. The number of nitrogens with zero attached hydrogens (tertiary/aromatic N) is 2. The molecule has 0 aliphatic carbocycles. The van der Waals surface area contributed by atoms with Gasteiger partial charge in [-0.2, -0.15) is 0 Å². The lowest BCUT2D eigenvalue weighted by Gasteiger charge is -2.22. The second-order valence-corrected chi connectivity index (χ2v) is 9.04. The molecule has 2 heterocycles. The number of anilines is 1. The lowest BCUT2D eigenvalue weighted by atomic mass is 9.96. The van der Waals surface area contributed by atoms with Crippen molar-refractivity contribution in [3.8, 4) is 11.3 Å². The molecule has 1 atom stereocenters. The number of carboxylic acids is 1. The topological polar surface area (TPSA) is 104 Å². The van der Waals surface area contributed by atoms with Crippen molar-refractivity contribution in [3.05, 3.63) is 76.6 Å². The van der Waals surface area contributed by atoms with Crippen LogP contribution in [0.3, 0.4) is 0 Å². The summed E-state index contributed by atoms with van der Waals surface area (Å²) in [6.07, 6.45) is 4.12. The first-order chi connectivity index (χ1) is 16.2. The minimum atomic E-state index is -0.958. The number of pyridine rings is 2. The summed E-state index contributed by atoms with van der Waals surface area (Å²) < 4.78 is 0. The van der Waals surface area contributed by atoms with Crippen molar-refractivity contribution >= 4 is 29.3 Å². The number of benzene rings is 1. The molecular formula is C26H29ClN4O3. The highest BCUT2D eigenvalue weighted by atomic mass is 35.5. The number of carbonyl (C=O) groups excluding carboxylic acids is 1. The number of hydrogen-bond donors (Lipinski definition) is 3. The molecule has 3 rings (SSSR count). The third kappa shape index (κ3) is 7.02. The molecule has 3 aromatic rings. The Morgan fingerprint density at radius 2 is 1.79 bits per heavy atom. The van der Waals surface area contributed by atoms with Crippen molar-refractivity contribution in [2.45, 2.75) is 39.7 Å². The monoisotopic (exact) mass is 480 g/mol. The van der Waals surface area contributed by atoms with Gasteiger partial charge >= 0.3 is 5.97 Å². The molecule has 0 fully saturated rings. The molecule has 1 unspecified atom stereocenters. The van der Waals surface area contributed by atoms with E-state index in [4.69, 9.17) is 21.7 Å². The predicted molar refractivity (Wildman–Crippen MR) is 134 cm³/mol. The molecule has 8 heteroatoms. The van der Waals surface area contributed by atoms with Crippen LogP contribution in [-0.4, -0.2) is 33.5 Å². The zero-order chi connectivity index (χ0) is 24.7. The maximum atomic E-state index is 12.2. The highest BCUT2D eigenvalue weighted by Gasteiger charge is 2.17. The fraction of sp³-hybridized carbons (Fsp3) is 0.308. The number of halogens is 1. The van der Waals surface area contributed by atoms with Crippen molar-refractivity contribution in [3.63, 3.8) is 0 Å². The fourth-order valence-electron chi connectivity index (χ4n) is 3.62. The van der Waals surface area contributed by atoms with Gasteiger partial charge in [-0.05, 0) is 54.7 Å². The second kappa shape index (κ2) is 11.6. The average Bonchev–Trinajstić information content (AvgIpc) is 2.79. The third-order valence-electron chi connectivity index (χ3n) is 5.30. The second-order valence-electron chi connectivity index (χ2n) is 8.60. The van der Waals surface area contributed by atoms with E-state index in [1.54, 1.807) is 12.1 Å². The summed E-state index contributed by atoms with van der Waals surface area (Å²) in [6.45, 7) is 6.44. The van der Waals surface area contributed by atoms with Crippen LogP contribution in [0.4, 0.5) is 5.82 Å². The first-order valence-electron chi connectivity index (χ1n) is 11.2. The Bertz CT molecular complexity index is 1130. The van der Waals surface area contributed by atoms with E-state index in [0.717, 1.165) is 28.8 Å². The Labute approximate surface area is 204 Å². The number of hydrogen-bond acceptors (Lipinski definition) is 5. The molecule has 0 saturated carbocycles. The Kier molecular flexibility index (Phi) is 8.60. The average molecular weight is 481 g/mol. The molecule has 0 bridgehead atoms. The largest absolute Gasteiger partial charge is 0.481 e. The van der Waals surface area contributed by atoms with E-state index in [9.17, 15) is 9.59 Å². The van der Waals surface area contributed by atoms with Crippen molar-refractivity contribution in [2.24, 2.45) is 5.92 Å². The number of aromatic nitrogens is 2. The van der Waals surface area contributed by atoms with Gasteiger partial charge in [0.1, 0.15) is 5.82 Å². The van der Waals surface area contributed by atoms with Crippen molar-refractivity contribution in [1.82, 2.24) is 15.3 Å². The quantitative estimate of drug-likeness (QED) is 0.353. The molecule has 1 aromatic carbocycles. The molecule has 0 spiro atoms. The van der Waals surface area contributed by atoms with E-state index in [-0.39, 0.29) is 24.9 Å². The van der Waals surface area contributed by atoms with Crippen LogP contribution < -0.4 is 10.6 Å². The highest BCUT2D eigenvalue weighted by molar-refractivity contribution is 6.30. The van der Waals surface area contributed by atoms with Gasteiger partial charge in [0.05, 0.1) is 23.7 Å². The van der Waals surface area contributed by atoms with E-state index in [1.807, 2.05) is 37.4 Å². The third-order valence-corrected chi connectivity index (χ3v) is 5.55. The van der Waals surface area contributed by atoms with Crippen LogP contribution in [0.25, 0.3) is 11.3 Å². The van der Waals surface area contributed by atoms with Gasteiger partial charge in [0.2, 0.25) is 0 Å². The molecule has 2 aromatic heterocycles. The normalized spacial score (nSPS) is 11.8. The molecule has 7 nitrogen and oxygen atoms in total. The van der Waals surface area contributed by atoms with Gasteiger partial charge in [-0.1, -0.05) is 43.6 Å². The van der Waals surface area contributed by atoms with Gasteiger partial charge in [0, 0.05) is 29.5 Å². The maximum absolute atomic E-state index is 12.2.